The van der Waals surface area contributed by atoms with Gasteiger partial charge < -0.3 is 15.2 Å². The summed E-state index contributed by atoms with van der Waals surface area (Å²) < 4.78 is 5.81. The number of rotatable bonds is 7. The van der Waals surface area contributed by atoms with Gasteiger partial charge in [-0.15, -0.1) is 0 Å². The third kappa shape index (κ3) is 4.59. The van der Waals surface area contributed by atoms with Gasteiger partial charge in [-0.25, -0.2) is 0 Å². The lowest BCUT2D eigenvalue weighted by Gasteiger charge is -2.14. The highest BCUT2D eigenvalue weighted by Crippen LogP contribution is 2.21. The number of aryl methyl sites for hydroxylation is 2. The molecule has 0 aliphatic heterocycles. The van der Waals surface area contributed by atoms with Crippen molar-refractivity contribution in [2.45, 2.75) is 20.0 Å². The first-order chi connectivity index (χ1) is 10.2. The van der Waals surface area contributed by atoms with Gasteiger partial charge in [0.1, 0.15) is 12.4 Å². The lowest BCUT2D eigenvalue weighted by Crippen LogP contribution is -2.26. The van der Waals surface area contributed by atoms with Crippen LogP contribution >= 0.6 is 0 Å². The second-order valence-electron chi connectivity index (χ2n) is 5.20. The second-order valence-corrected chi connectivity index (χ2v) is 5.20. The van der Waals surface area contributed by atoms with Crippen LogP contribution in [0.25, 0.3) is 0 Å². The minimum atomic E-state index is -0.480. The molecule has 0 aliphatic rings. The van der Waals surface area contributed by atoms with E-state index in [0.717, 1.165) is 22.4 Å². The van der Waals surface area contributed by atoms with Crippen LogP contribution in [0.4, 0.5) is 0 Å². The molecular formula is C18H23NO2. The van der Waals surface area contributed by atoms with E-state index in [1.165, 1.54) is 0 Å². The van der Waals surface area contributed by atoms with E-state index >= 15 is 0 Å². The van der Waals surface area contributed by atoms with Gasteiger partial charge in [-0.1, -0.05) is 48.5 Å². The highest BCUT2D eigenvalue weighted by molar-refractivity contribution is 5.39. The molecule has 0 spiro atoms. The van der Waals surface area contributed by atoms with E-state index in [9.17, 15) is 5.11 Å². The van der Waals surface area contributed by atoms with Crippen LogP contribution in [-0.4, -0.2) is 24.8 Å². The number of hydrogen-bond donors (Lipinski definition) is 2. The Balaban J connectivity index is 1.71. The first-order valence-corrected chi connectivity index (χ1v) is 7.31. The van der Waals surface area contributed by atoms with Crippen molar-refractivity contribution in [2.24, 2.45) is 0 Å². The summed E-state index contributed by atoms with van der Waals surface area (Å²) in [6.45, 7) is 5.93. The predicted molar refractivity (Wildman–Crippen MR) is 85.7 cm³/mol. The average molecular weight is 285 g/mol. The molecule has 0 aliphatic carbocycles. The molecule has 0 fully saturated rings. The maximum absolute atomic E-state index is 10.0. The number of para-hydroxylation sites is 1. The average Bonchev–Trinajstić information content (AvgIpc) is 2.50. The normalized spacial score (nSPS) is 12.1. The van der Waals surface area contributed by atoms with Crippen molar-refractivity contribution >= 4 is 0 Å². The maximum Gasteiger partial charge on any atom is 0.125 e. The molecule has 2 N–H and O–H groups in total. The van der Waals surface area contributed by atoms with E-state index in [2.05, 4.69) is 31.3 Å². The van der Waals surface area contributed by atoms with Crippen LogP contribution < -0.4 is 10.1 Å². The number of hydrogen-bond acceptors (Lipinski definition) is 3. The molecule has 21 heavy (non-hydrogen) atoms. The molecule has 112 valence electrons. The molecule has 2 aromatic carbocycles. The molecule has 0 radical (unpaired) electrons. The maximum atomic E-state index is 10.0. The van der Waals surface area contributed by atoms with Crippen molar-refractivity contribution in [1.29, 1.82) is 0 Å². The molecule has 0 unspecified atom stereocenters. The van der Waals surface area contributed by atoms with Crippen molar-refractivity contribution in [3.05, 3.63) is 65.2 Å². The fourth-order valence-electron chi connectivity index (χ4n) is 2.28. The summed E-state index contributed by atoms with van der Waals surface area (Å²) in [7, 11) is 0. The molecule has 0 bridgehead atoms. The molecule has 0 saturated heterocycles. The Labute approximate surface area is 126 Å². The molecule has 0 aromatic heterocycles. The molecule has 1 atom stereocenters. The van der Waals surface area contributed by atoms with Gasteiger partial charge in [-0.3, -0.25) is 0 Å². The van der Waals surface area contributed by atoms with E-state index < -0.39 is 6.10 Å². The van der Waals surface area contributed by atoms with E-state index in [0.29, 0.717) is 19.7 Å². The summed E-state index contributed by atoms with van der Waals surface area (Å²) in [6, 6.07) is 15.8. The summed E-state index contributed by atoms with van der Waals surface area (Å²) in [6.07, 6.45) is -0.480. The van der Waals surface area contributed by atoms with Crippen molar-refractivity contribution in [2.75, 3.05) is 19.7 Å². The Kier molecular flexibility index (Phi) is 5.78. The van der Waals surface area contributed by atoms with Gasteiger partial charge >= 0.3 is 0 Å². The first kappa shape index (κ1) is 15.5. The molecule has 2 aromatic rings. The van der Waals surface area contributed by atoms with Crippen molar-refractivity contribution in [1.82, 2.24) is 5.32 Å². The smallest absolute Gasteiger partial charge is 0.125 e. The number of benzene rings is 2. The lowest BCUT2D eigenvalue weighted by atomic mass is 10.1. The SMILES string of the molecule is Cc1cccc(C)c1OCCNC[C@H](O)c1ccccc1. The zero-order chi connectivity index (χ0) is 15.1. The fraction of sp³-hybridized carbons (Fsp3) is 0.333. The van der Waals surface area contributed by atoms with Crippen LogP contribution in [-0.2, 0) is 0 Å². The van der Waals surface area contributed by atoms with Crippen LogP contribution in [0.3, 0.4) is 0 Å². The summed E-state index contributed by atoms with van der Waals surface area (Å²) in [5.74, 6) is 0.961. The molecule has 0 heterocycles. The van der Waals surface area contributed by atoms with Gasteiger partial charge in [0.15, 0.2) is 0 Å². The predicted octanol–water partition coefficient (Wildman–Crippen LogP) is 3.01. The summed E-state index contributed by atoms with van der Waals surface area (Å²) >= 11 is 0. The van der Waals surface area contributed by atoms with Gasteiger partial charge in [0.05, 0.1) is 6.10 Å². The van der Waals surface area contributed by atoms with E-state index in [1.807, 2.05) is 36.4 Å². The zero-order valence-electron chi connectivity index (χ0n) is 12.7. The summed E-state index contributed by atoms with van der Waals surface area (Å²) in [5.41, 5.74) is 3.24. The Bertz CT molecular complexity index is 534. The topological polar surface area (TPSA) is 41.5 Å². The molecule has 2 rings (SSSR count). The molecule has 3 nitrogen and oxygen atoms in total. The van der Waals surface area contributed by atoms with E-state index in [4.69, 9.17) is 4.74 Å². The van der Waals surface area contributed by atoms with Gasteiger partial charge in [0.2, 0.25) is 0 Å². The number of nitrogens with one attached hydrogen (secondary N) is 1. The lowest BCUT2D eigenvalue weighted by molar-refractivity contribution is 0.172. The second kappa shape index (κ2) is 7.81. The highest BCUT2D eigenvalue weighted by atomic mass is 16.5. The Morgan fingerprint density at radius 2 is 1.67 bits per heavy atom. The fourth-order valence-corrected chi connectivity index (χ4v) is 2.28. The van der Waals surface area contributed by atoms with Crippen molar-refractivity contribution in [3.63, 3.8) is 0 Å². The quantitative estimate of drug-likeness (QED) is 0.768. The van der Waals surface area contributed by atoms with Crippen molar-refractivity contribution < 1.29 is 9.84 Å². The van der Waals surface area contributed by atoms with Crippen molar-refractivity contribution in [3.8, 4) is 5.75 Å². The molecular weight excluding hydrogens is 262 g/mol. The number of ether oxygens (including phenoxy) is 1. The summed E-state index contributed by atoms with van der Waals surface area (Å²) in [4.78, 5) is 0. The standard InChI is InChI=1S/C18H23NO2/c1-14-7-6-8-15(2)18(14)21-12-11-19-13-17(20)16-9-4-3-5-10-16/h3-10,17,19-20H,11-13H2,1-2H3/t17-/m0/s1. The number of aliphatic hydroxyl groups is 1. The largest absolute Gasteiger partial charge is 0.492 e. The third-order valence-corrected chi connectivity index (χ3v) is 3.46. The molecule has 0 saturated carbocycles. The van der Waals surface area contributed by atoms with Crippen LogP contribution in [0.5, 0.6) is 5.75 Å². The monoisotopic (exact) mass is 285 g/mol. The minimum absolute atomic E-state index is 0.480. The first-order valence-electron chi connectivity index (χ1n) is 7.31. The Morgan fingerprint density at radius 1 is 1.00 bits per heavy atom. The molecule has 0 amide bonds. The van der Waals surface area contributed by atoms with Crippen LogP contribution in [0.1, 0.15) is 22.8 Å². The van der Waals surface area contributed by atoms with Gasteiger partial charge in [-0.05, 0) is 30.5 Å². The van der Waals surface area contributed by atoms with Gasteiger partial charge in [0, 0.05) is 13.1 Å². The Hall–Kier alpha value is -1.84. The number of aliphatic hydroxyl groups excluding tert-OH is 1. The minimum Gasteiger partial charge on any atom is -0.492 e. The van der Waals surface area contributed by atoms with E-state index in [1.54, 1.807) is 0 Å². The van der Waals surface area contributed by atoms with Crippen LogP contribution in [0.2, 0.25) is 0 Å². The van der Waals surface area contributed by atoms with E-state index in [-0.39, 0.29) is 0 Å². The third-order valence-electron chi connectivity index (χ3n) is 3.46. The van der Waals surface area contributed by atoms with Crippen LogP contribution in [0, 0.1) is 13.8 Å². The van der Waals surface area contributed by atoms with Crippen LogP contribution in [0.15, 0.2) is 48.5 Å². The summed E-state index contributed by atoms with van der Waals surface area (Å²) in [5, 5.41) is 13.2. The van der Waals surface area contributed by atoms with Gasteiger partial charge in [-0.2, -0.15) is 0 Å². The molecule has 3 heteroatoms. The Morgan fingerprint density at radius 3 is 2.33 bits per heavy atom. The highest BCUT2D eigenvalue weighted by Gasteiger charge is 2.06. The zero-order valence-corrected chi connectivity index (χ0v) is 12.7. The van der Waals surface area contributed by atoms with Gasteiger partial charge in [0.25, 0.3) is 0 Å².